The average molecular weight is 400 g/mol. The topological polar surface area (TPSA) is 18.5 Å². The van der Waals surface area contributed by atoms with Gasteiger partial charge in [0.25, 0.3) is 0 Å². The van der Waals surface area contributed by atoms with E-state index in [1.54, 1.807) is 14.2 Å². The van der Waals surface area contributed by atoms with Crippen molar-refractivity contribution in [3.63, 3.8) is 0 Å². The van der Waals surface area contributed by atoms with Gasteiger partial charge in [-0.25, -0.2) is 0 Å². The molecular weight excluding hydrogens is 384 g/mol. The van der Waals surface area contributed by atoms with E-state index in [-0.39, 0.29) is 0 Å². The van der Waals surface area contributed by atoms with Gasteiger partial charge in [-0.3, -0.25) is 0 Å². The van der Waals surface area contributed by atoms with Crippen molar-refractivity contribution in [3.8, 4) is 22.6 Å². The maximum absolute atomic E-state index is 5.30. The monoisotopic (exact) mass is 398 g/mol. The van der Waals surface area contributed by atoms with Crippen LogP contribution in [0.2, 0.25) is 0 Å². The van der Waals surface area contributed by atoms with Gasteiger partial charge in [0, 0.05) is 20.1 Å². The van der Waals surface area contributed by atoms with Crippen molar-refractivity contribution < 1.29 is 9.47 Å². The van der Waals surface area contributed by atoms with Crippen LogP contribution in [0.25, 0.3) is 11.1 Å². The van der Waals surface area contributed by atoms with E-state index in [1.807, 2.05) is 24.3 Å². The van der Waals surface area contributed by atoms with E-state index in [9.17, 15) is 0 Å². The Hall–Kier alpha value is -1.00. The fourth-order valence-corrected chi connectivity index (χ4v) is 3.77. The summed E-state index contributed by atoms with van der Waals surface area (Å²) in [5, 5.41) is 0. The van der Waals surface area contributed by atoms with Gasteiger partial charge < -0.3 is 9.47 Å². The van der Waals surface area contributed by atoms with Crippen molar-refractivity contribution >= 4 is 31.9 Å². The van der Waals surface area contributed by atoms with Gasteiger partial charge in [-0.2, -0.15) is 0 Å². The first-order valence-electron chi connectivity index (χ1n) is 6.16. The molecule has 0 aromatic heterocycles. The Bertz CT molecular complexity index is 547. The Morgan fingerprint density at radius 3 is 1.30 bits per heavy atom. The number of ether oxygens (including phenoxy) is 2. The molecule has 0 radical (unpaired) electrons. The SMILES string of the molecule is COc1cc(C)c(-c2c(C)cc(OC)cc2Br)c(Br)c1. The largest absolute Gasteiger partial charge is 0.497 e. The highest BCUT2D eigenvalue weighted by molar-refractivity contribution is 9.11. The van der Waals surface area contributed by atoms with Crippen LogP contribution in [0.3, 0.4) is 0 Å². The van der Waals surface area contributed by atoms with Crippen LogP contribution in [-0.4, -0.2) is 14.2 Å². The van der Waals surface area contributed by atoms with E-state index in [0.29, 0.717) is 0 Å². The first-order chi connectivity index (χ1) is 9.47. The van der Waals surface area contributed by atoms with Crippen molar-refractivity contribution in [3.05, 3.63) is 44.3 Å². The number of aryl methyl sites for hydroxylation is 2. The molecule has 0 aliphatic heterocycles. The third kappa shape index (κ3) is 2.86. The highest BCUT2D eigenvalue weighted by Crippen LogP contribution is 2.41. The summed E-state index contributed by atoms with van der Waals surface area (Å²) in [6.45, 7) is 4.16. The molecule has 0 aliphatic rings. The van der Waals surface area contributed by atoms with Crippen molar-refractivity contribution in [1.82, 2.24) is 0 Å². The molecule has 2 nitrogen and oxygen atoms in total. The van der Waals surface area contributed by atoms with Gasteiger partial charge in [0.15, 0.2) is 0 Å². The first-order valence-corrected chi connectivity index (χ1v) is 7.75. The highest BCUT2D eigenvalue weighted by atomic mass is 79.9. The van der Waals surface area contributed by atoms with E-state index >= 15 is 0 Å². The molecule has 106 valence electrons. The van der Waals surface area contributed by atoms with Crippen LogP contribution >= 0.6 is 31.9 Å². The Morgan fingerprint density at radius 2 is 1.05 bits per heavy atom. The summed E-state index contributed by atoms with van der Waals surface area (Å²) in [4.78, 5) is 0. The van der Waals surface area contributed by atoms with Crippen LogP contribution < -0.4 is 9.47 Å². The highest BCUT2D eigenvalue weighted by Gasteiger charge is 2.15. The number of halogens is 2. The zero-order valence-corrected chi connectivity index (χ0v) is 15.1. The maximum atomic E-state index is 5.30. The minimum atomic E-state index is 0.848. The molecule has 0 atom stereocenters. The minimum Gasteiger partial charge on any atom is -0.497 e. The Morgan fingerprint density at radius 1 is 0.700 bits per heavy atom. The smallest absolute Gasteiger partial charge is 0.120 e. The normalized spacial score (nSPS) is 10.5. The number of hydrogen-bond donors (Lipinski definition) is 0. The predicted octanol–water partition coefficient (Wildman–Crippen LogP) is 5.51. The van der Waals surface area contributed by atoms with Gasteiger partial charge >= 0.3 is 0 Å². The van der Waals surface area contributed by atoms with Crippen molar-refractivity contribution in [2.24, 2.45) is 0 Å². The lowest BCUT2D eigenvalue weighted by Crippen LogP contribution is -1.94. The van der Waals surface area contributed by atoms with Gasteiger partial charge in [0.1, 0.15) is 11.5 Å². The lowest BCUT2D eigenvalue weighted by atomic mass is 9.96. The van der Waals surface area contributed by atoms with Crippen LogP contribution in [-0.2, 0) is 0 Å². The predicted molar refractivity (Wildman–Crippen MR) is 89.9 cm³/mol. The molecule has 0 unspecified atom stereocenters. The third-order valence-corrected chi connectivity index (χ3v) is 4.49. The Labute approximate surface area is 136 Å². The molecule has 0 N–H and O–H groups in total. The van der Waals surface area contributed by atoms with Crippen molar-refractivity contribution in [1.29, 1.82) is 0 Å². The van der Waals surface area contributed by atoms with Gasteiger partial charge in [-0.15, -0.1) is 0 Å². The third-order valence-electron chi connectivity index (χ3n) is 3.24. The zero-order valence-electron chi connectivity index (χ0n) is 11.9. The number of hydrogen-bond acceptors (Lipinski definition) is 2. The first kappa shape index (κ1) is 15.4. The van der Waals surface area contributed by atoms with Crippen LogP contribution in [0.15, 0.2) is 33.2 Å². The summed E-state index contributed by atoms with van der Waals surface area (Å²) >= 11 is 7.29. The molecule has 2 rings (SSSR count). The lowest BCUT2D eigenvalue weighted by Gasteiger charge is -2.16. The van der Waals surface area contributed by atoms with E-state index in [0.717, 1.165) is 42.7 Å². The molecule has 0 saturated heterocycles. The fraction of sp³-hybridized carbons (Fsp3) is 0.250. The molecule has 0 heterocycles. The van der Waals surface area contributed by atoms with E-state index < -0.39 is 0 Å². The second-order valence-electron chi connectivity index (χ2n) is 4.60. The molecule has 0 bridgehead atoms. The molecular formula is C16H16Br2O2. The van der Waals surface area contributed by atoms with Crippen molar-refractivity contribution in [2.45, 2.75) is 13.8 Å². The van der Waals surface area contributed by atoms with E-state index in [1.165, 1.54) is 0 Å². The van der Waals surface area contributed by atoms with Crippen LogP contribution in [0, 0.1) is 13.8 Å². The maximum Gasteiger partial charge on any atom is 0.120 e. The summed E-state index contributed by atoms with van der Waals surface area (Å²) in [6.07, 6.45) is 0. The second-order valence-corrected chi connectivity index (χ2v) is 6.31. The molecule has 20 heavy (non-hydrogen) atoms. The quantitative estimate of drug-likeness (QED) is 0.677. The van der Waals surface area contributed by atoms with Gasteiger partial charge in [0.2, 0.25) is 0 Å². The molecule has 2 aromatic rings. The lowest BCUT2D eigenvalue weighted by molar-refractivity contribution is 0.414. The van der Waals surface area contributed by atoms with Crippen LogP contribution in [0.1, 0.15) is 11.1 Å². The fourth-order valence-electron chi connectivity index (χ4n) is 2.29. The Balaban J connectivity index is 2.69. The molecule has 0 fully saturated rings. The number of rotatable bonds is 3. The van der Waals surface area contributed by atoms with Crippen LogP contribution in [0.5, 0.6) is 11.5 Å². The molecule has 0 spiro atoms. The number of methoxy groups -OCH3 is 2. The molecule has 0 saturated carbocycles. The summed E-state index contributed by atoms with van der Waals surface area (Å²) < 4.78 is 12.6. The summed E-state index contributed by atoms with van der Waals surface area (Å²) in [5.74, 6) is 1.70. The van der Waals surface area contributed by atoms with E-state index in [4.69, 9.17) is 9.47 Å². The average Bonchev–Trinajstić information content (AvgIpc) is 2.40. The molecule has 0 aliphatic carbocycles. The molecule has 2 aromatic carbocycles. The molecule has 0 amide bonds. The standard InChI is InChI=1S/C16H16Br2O2/c1-9-5-11(19-3)7-13(17)15(9)16-10(2)6-12(20-4)8-14(16)18/h5-8H,1-4H3. The summed E-state index contributed by atoms with van der Waals surface area (Å²) in [5.41, 5.74) is 4.64. The summed E-state index contributed by atoms with van der Waals surface area (Å²) in [7, 11) is 3.35. The second kappa shape index (κ2) is 6.19. The summed E-state index contributed by atoms with van der Waals surface area (Å²) in [6, 6.07) is 8.04. The van der Waals surface area contributed by atoms with Gasteiger partial charge in [-0.1, -0.05) is 31.9 Å². The Kier molecular flexibility index (Phi) is 4.76. The van der Waals surface area contributed by atoms with E-state index in [2.05, 4.69) is 45.7 Å². The number of benzene rings is 2. The zero-order chi connectivity index (χ0) is 14.9. The van der Waals surface area contributed by atoms with Gasteiger partial charge in [0.05, 0.1) is 14.2 Å². The molecule has 4 heteroatoms. The van der Waals surface area contributed by atoms with Crippen molar-refractivity contribution in [2.75, 3.05) is 14.2 Å². The minimum absolute atomic E-state index is 0.848. The van der Waals surface area contributed by atoms with Gasteiger partial charge in [-0.05, 0) is 49.2 Å². The van der Waals surface area contributed by atoms with Crippen LogP contribution in [0.4, 0.5) is 0 Å².